The molecule has 1 aromatic carbocycles. The fraction of sp³-hybridized carbons (Fsp3) is 0.333. The number of rotatable bonds is 2. The van der Waals surface area contributed by atoms with Crippen molar-refractivity contribution in [2.75, 3.05) is 26.2 Å². The number of pyridine rings is 1. The van der Waals surface area contributed by atoms with Gasteiger partial charge in [0, 0.05) is 43.1 Å². The van der Waals surface area contributed by atoms with Crippen LogP contribution in [0.3, 0.4) is 0 Å². The van der Waals surface area contributed by atoms with Gasteiger partial charge in [-0.2, -0.15) is 4.31 Å². The van der Waals surface area contributed by atoms with E-state index in [1.54, 1.807) is 23.1 Å². The minimum atomic E-state index is -3.74. The van der Waals surface area contributed by atoms with Crippen molar-refractivity contribution >= 4 is 26.8 Å². The number of fused-ring (bicyclic) bond motifs is 1. The molecule has 0 aliphatic carbocycles. The molecule has 0 spiro atoms. The van der Waals surface area contributed by atoms with Crippen LogP contribution in [0.2, 0.25) is 0 Å². The standard InChI is InChI=1S/C15H19N5O3S/c16-15(17)19-7-2-8-20(10-9-19)24(22,23)13-4-1-3-12-11(13)5-6-18-14(12)21/h1,3-6H,2,7-10H2,(H3,16,17)(H,18,21). The fourth-order valence-corrected chi connectivity index (χ4v) is 4.61. The van der Waals surface area contributed by atoms with E-state index in [9.17, 15) is 13.2 Å². The summed E-state index contributed by atoms with van der Waals surface area (Å²) in [5.41, 5.74) is 5.18. The molecule has 8 nitrogen and oxygen atoms in total. The number of aromatic nitrogens is 1. The average Bonchev–Trinajstić information content (AvgIpc) is 2.81. The molecule has 1 fully saturated rings. The van der Waals surface area contributed by atoms with Gasteiger partial charge in [-0.05, 0) is 24.6 Å². The average molecular weight is 349 g/mol. The summed E-state index contributed by atoms with van der Waals surface area (Å²) in [5.74, 6) is -0.0501. The zero-order chi connectivity index (χ0) is 17.3. The summed E-state index contributed by atoms with van der Waals surface area (Å²) >= 11 is 0. The molecule has 1 aromatic heterocycles. The van der Waals surface area contributed by atoms with E-state index in [1.165, 1.54) is 16.6 Å². The van der Waals surface area contributed by atoms with Gasteiger partial charge in [-0.15, -0.1) is 0 Å². The van der Waals surface area contributed by atoms with Gasteiger partial charge in [0.25, 0.3) is 5.56 Å². The molecule has 128 valence electrons. The van der Waals surface area contributed by atoms with Crippen LogP contribution >= 0.6 is 0 Å². The highest BCUT2D eigenvalue weighted by Gasteiger charge is 2.28. The van der Waals surface area contributed by atoms with Gasteiger partial charge >= 0.3 is 0 Å². The first kappa shape index (κ1) is 16.5. The number of H-pyrrole nitrogens is 1. The lowest BCUT2D eigenvalue weighted by Crippen LogP contribution is -2.40. The van der Waals surface area contributed by atoms with Crippen LogP contribution in [0.1, 0.15) is 6.42 Å². The van der Waals surface area contributed by atoms with Crippen molar-refractivity contribution < 1.29 is 8.42 Å². The Balaban J connectivity index is 2.01. The molecule has 4 N–H and O–H groups in total. The van der Waals surface area contributed by atoms with E-state index in [2.05, 4.69) is 4.98 Å². The Labute approximate surface area is 139 Å². The summed E-state index contributed by atoms with van der Waals surface area (Å²) in [5, 5.41) is 8.26. The van der Waals surface area contributed by atoms with E-state index in [1.807, 2.05) is 0 Å². The number of nitrogens with zero attached hydrogens (tertiary/aromatic N) is 2. The van der Waals surface area contributed by atoms with Crippen LogP contribution in [0.5, 0.6) is 0 Å². The molecule has 0 radical (unpaired) electrons. The highest BCUT2D eigenvalue weighted by atomic mass is 32.2. The number of sulfonamides is 1. The van der Waals surface area contributed by atoms with Crippen LogP contribution in [0.15, 0.2) is 40.2 Å². The van der Waals surface area contributed by atoms with E-state index < -0.39 is 10.0 Å². The van der Waals surface area contributed by atoms with E-state index in [4.69, 9.17) is 11.1 Å². The number of benzene rings is 1. The van der Waals surface area contributed by atoms with Gasteiger partial charge < -0.3 is 15.6 Å². The lowest BCUT2D eigenvalue weighted by Gasteiger charge is -2.22. The molecule has 2 heterocycles. The van der Waals surface area contributed by atoms with Crippen LogP contribution in [0, 0.1) is 5.41 Å². The van der Waals surface area contributed by atoms with Crippen LogP contribution in [-0.2, 0) is 10.0 Å². The molecule has 1 saturated heterocycles. The second kappa shape index (κ2) is 6.25. The first-order valence-electron chi connectivity index (χ1n) is 7.61. The van der Waals surface area contributed by atoms with Crippen molar-refractivity contribution in [3.63, 3.8) is 0 Å². The fourth-order valence-electron chi connectivity index (χ4n) is 2.93. The van der Waals surface area contributed by atoms with Gasteiger partial charge in [0.15, 0.2) is 5.96 Å². The first-order chi connectivity index (χ1) is 11.4. The van der Waals surface area contributed by atoms with E-state index in [-0.39, 0.29) is 23.0 Å². The Morgan fingerprint density at radius 1 is 1.12 bits per heavy atom. The highest BCUT2D eigenvalue weighted by molar-refractivity contribution is 7.89. The molecule has 1 aliphatic rings. The van der Waals surface area contributed by atoms with Gasteiger partial charge in [-0.25, -0.2) is 8.42 Å². The highest BCUT2D eigenvalue weighted by Crippen LogP contribution is 2.24. The molecule has 9 heteroatoms. The number of nitrogens with one attached hydrogen (secondary N) is 2. The maximum Gasteiger partial charge on any atom is 0.255 e. The third-order valence-electron chi connectivity index (χ3n) is 4.19. The van der Waals surface area contributed by atoms with Gasteiger partial charge in [-0.3, -0.25) is 10.2 Å². The molecule has 0 atom stereocenters. The third-order valence-corrected chi connectivity index (χ3v) is 6.15. The maximum absolute atomic E-state index is 13.1. The molecule has 0 saturated carbocycles. The van der Waals surface area contributed by atoms with Crippen molar-refractivity contribution in [3.8, 4) is 0 Å². The normalized spacial score (nSPS) is 16.9. The van der Waals surface area contributed by atoms with E-state index in [0.29, 0.717) is 36.8 Å². The van der Waals surface area contributed by atoms with Crippen molar-refractivity contribution in [1.82, 2.24) is 14.2 Å². The zero-order valence-corrected chi connectivity index (χ0v) is 13.8. The predicted octanol–water partition coefficient (Wildman–Crippen LogP) is 0.118. The number of nitrogens with two attached hydrogens (primary N) is 1. The molecule has 0 amide bonds. The number of hydrogen-bond donors (Lipinski definition) is 3. The molecule has 3 rings (SSSR count). The minimum Gasteiger partial charge on any atom is -0.370 e. The smallest absolute Gasteiger partial charge is 0.255 e. The van der Waals surface area contributed by atoms with Crippen molar-refractivity contribution in [3.05, 3.63) is 40.8 Å². The monoisotopic (exact) mass is 349 g/mol. The summed E-state index contributed by atoms with van der Waals surface area (Å²) in [4.78, 5) is 16.2. The van der Waals surface area contributed by atoms with Crippen molar-refractivity contribution in [1.29, 1.82) is 5.41 Å². The number of guanidine groups is 1. The molecule has 0 bridgehead atoms. The topological polar surface area (TPSA) is 123 Å². The van der Waals surface area contributed by atoms with E-state index >= 15 is 0 Å². The van der Waals surface area contributed by atoms with Crippen molar-refractivity contribution in [2.45, 2.75) is 11.3 Å². The first-order valence-corrected chi connectivity index (χ1v) is 9.05. The van der Waals surface area contributed by atoms with Crippen LogP contribution in [-0.4, -0.2) is 54.7 Å². The van der Waals surface area contributed by atoms with Gasteiger partial charge in [0.05, 0.1) is 4.90 Å². The van der Waals surface area contributed by atoms with Gasteiger partial charge in [0.2, 0.25) is 10.0 Å². The molecular weight excluding hydrogens is 330 g/mol. The lowest BCUT2D eigenvalue weighted by molar-refractivity contribution is 0.404. The van der Waals surface area contributed by atoms with Gasteiger partial charge in [0.1, 0.15) is 0 Å². The molecule has 0 unspecified atom stereocenters. The molecular formula is C15H19N5O3S. The van der Waals surface area contributed by atoms with Gasteiger partial charge in [-0.1, -0.05) is 6.07 Å². The van der Waals surface area contributed by atoms with Crippen LogP contribution in [0.4, 0.5) is 0 Å². The molecule has 24 heavy (non-hydrogen) atoms. The Morgan fingerprint density at radius 3 is 2.67 bits per heavy atom. The number of aromatic amines is 1. The Kier molecular flexibility index (Phi) is 4.29. The second-order valence-corrected chi connectivity index (χ2v) is 7.56. The second-order valence-electron chi connectivity index (χ2n) is 5.65. The Hall–Kier alpha value is -2.39. The molecule has 2 aromatic rings. The number of hydrogen-bond acceptors (Lipinski definition) is 4. The van der Waals surface area contributed by atoms with Crippen molar-refractivity contribution in [2.24, 2.45) is 5.73 Å². The summed E-state index contributed by atoms with van der Waals surface area (Å²) < 4.78 is 27.5. The summed E-state index contributed by atoms with van der Waals surface area (Å²) in [6.45, 7) is 1.53. The van der Waals surface area contributed by atoms with Crippen LogP contribution in [0.25, 0.3) is 10.8 Å². The predicted molar refractivity (Wildman–Crippen MR) is 91.4 cm³/mol. The Bertz CT molecular complexity index is 938. The molecule has 1 aliphatic heterocycles. The third kappa shape index (κ3) is 2.87. The quantitative estimate of drug-likeness (QED) is 0.525. The van der Waals surface area contributed by atoms with Crippen LogP contribution < -0.4 is 11.3 Å². The van der Waals surface area contributed by atoms with E-state index in [0.717, 1.165) is 0 Å². The zero-order valence-electron chi connectivity index (χ0n) is 13.0. The summed E-state index contributed by atoms with van der Waals surface area (Å²) in [7, 11) is -3.74. The Morgan fingerprint density at radius 2 is 1.92 bits per heavy atom. The SMILES string of the molecule is N=C(N)N1CCCN(S(=O)(=O)c2cccc3c(=O)[nH]ccc23)CC1. The maximum atomic E-state index is 13.1. The summed E-state index contributed by atoms with van der Waals surface area (Å²) in [6.07, 6.45) is 2.04. The minimum absolute atomic E-state index is 0.0501. The largest absolute Gasteiger partial charge is 0.370 e. The summed E-state index contributed by atoms with van der Waals surface area (Å²) in [6, 6.07) is 6.30. The lowest BCUT2D eigenvalue weighted by atomic mass is 10.2.